The van der Waals surface area contributed by atoms with Crippen molar-refractivity contribution in [2.45, 2.75) is 32.6 Å². The predicted molar refractivity (Wildman–Crippen MR) is 103 cm³/mol. The Morgan fingerprint density at radius 2 is 2.15 bits per heavy atom. The van der Waals surface area contributed by atoms with Gasteiger partial charge in [-0.2, -0.15) is 4.52 Å². The minimum atomic E-state index is -0.0668. The number of aromatic nitrogens is 3. The van der Waals surface area contributed by atoms with Crippen molar-refractivity contribution >= 4 is 21.4 Å². The lowest BCUT2D eigenvalue weighted by atomic mass is 9.97. The molecule has 0 aliphatic carbocycles. The highest BCUT2D eigenvalue weighted by Crippen LogP contribution is 2.27. The minimum Gasteiger partial charge on any atom is -0.379 e. The van der Waals surface area contributed by atoms with Crippen molar-refractivity contribution in [1.82, 2.24) is 19.5 Å². The minimum absolute atomic E-state index is 0.0668. The first-order valence-corrected chi connectivity index (χ1v) is 10.5. The molecule has 0 aromatic carbocycles. The molecule has 2 aliphatic heterocycles. The van der Waals surface area contributed by atoms with Gasteiger partial charge >= 0.3 is 0 Å². The predicted octanol–water partition coefficient (Wildman–Crippen LogP) is 1.65. The van der Waals surface area contributed by atoms with E-state index in [0.29, 0.717) is 10.9 Å². The fraction of sp³-hybridized carbons (Fsp3) is 0.722. The zero-order chi connectivity index (χ0) is 17.9. The zero-order valence-corrected chi connectivity index (χ0v) is 16.2. The summed E-state index contributed by atoms with van der Waals surface area (Å²) in [6, 6.07) is 1.62. The van der Waals surface area contributed by atoms with Crippen molar-refractivity contribution in [1.29, 1.82) is 0 Å². The molecule has 26 heavy (non-hydrogen) atoms. The maximum atomic E-state index is 12.3. The second-order valence-corrected chi connectivity index (χ2v) is 8.22. The monoisotopic (exact) mass is 377 g/mol. The normalized spacial score (nSPS) is 22.2. The van der Waals surface area contributed by atoms with Gasteiger partial charge in [-0.1, -0.05) is 24.7 Å². The van der Waals surface area contributed by atoms with E-state index in [4.69, 9.17) is 4.74 Å². The number of hydrogen-bond donors (Lipinski definition) is 0. The Labute approximate surface area is 157 Å². The Hall–Kier alpha value is -1.51. The number of anilines is 1. The highest BCUT2D eigenvalue weighted by atomic mass is 32.1. The van der Waals surface area contributed by atoms with Crippen LogP contribution < -0.4 is 10.5 Å². The molecule has 4 heterocycles. The van der Waals surface area contributed by atoms with Crippen LogP contribution in [0.2, 0.25) is 0 Å². The number of hydrogen-bond acceptors (Lipinski definition) is 7. The van der Waals surface area contributed by atoms with Crippen LogP contribution in [0.1, 0.15) is 31.9 Å². The molecule has 0 N–H and O–H groups in total. The lowest BCUT2D eigenvalue weighted by Crippen LogP contribution is -2.44. The van der Waals surface area contributed by atoms with Crippen molar-refractivity contribution in [3.8, 4) is 0 Å². The van der Waals surface area contributed by atoms with Crippen LogP contribution in [0.3, 0.4) is 0 Å². The van der Waals surface area contributed by atoms with Crippen molar-refractivity contribution < 1.29 is 4.74 Å². The molecule has 0 bridgehead atoms. The Morgan fingerprint density at radius 1 is 1.31 bits per heavy atom. The van der Waals surface area contributed by atoms with Gasteiger partial charge in [0.2, 0.25) is 10.1 Å². The molecule has 4 rings (SSSR count). The lowest BCUT2D eigenvalue weighted by molar-refractivity contribution is 0.0296. The van der Waals surface area contributed by atoms with Gasteiger partial charge in [0.05, 0.1) is 13.2 Å². The highest BCUT2D eigenvalue weighted by molar-refractivity contribution is 7.20. The summed E-state index contributed by atoms with van der Waals surface area (Å²) in [4.78, 5) is 22.5. The summed E-state index contributed by atoms with van der Waals surface area (Å²) in [5.74, 6) is 0.647. The Balaban J connectivity index is 1.49. The van der Waals surface area contributed by atoms with Gasteiger partial charge in [-0.3, -0.25) is 9.69 Å². The number of piperidine rings is 1. The molecular formula is C18H27N5O2S. The first-order chi connectivity index (χ1) is 12.7. The standard InChI is InChI=1S/C18H27N5O2S/c1-2-4-15-11-16(24)23-17(19-15)26-18(20-23)22-6-3-5-14(13-22)12-21-7-9-25-10-8-21/h11,14H,2-10,12-13H2,1H3. The van der Waals surface area contributed by atoms with E-state index in [1.165, 1.54) is 28.7 Å². The highest BCUT2D eigenvalue weighted by Gasteiger charge is 2.25. The van der Waals surface area contributed by atoms with Crippen LogP contribution in [0.5, 0.6) is 0 Å². The molecule has 0 spiro atoms. The summed E-state index contributed by atoms with van der Waals surface area (Å²) >= 11 is 1.54. The van der Waals surface area contributed by atoms with E-state index in [2.05, 4.69) is 26.8 Å². The molecular weight excluding hydrogens is 350 g/mol. The third-order valence-corrected chi connectivity index (χ3v) is 6.17. The van der Waals surface area contributed by atoms with Crippen LogP contribution in [-0.2, 0) is 11.2 Å². The van der Waals surface area contributed by atoms with E-state index in [9.17, 15) is 4.79 Å². The van der Waals surface area contributed by atoms with Gasteiger partial charge in [-0.05, 0) is 25.2 Å². The average Bonchev–Trinajstić information content (AvgIpc) is 3.08. The molecule has 2 saturated heterocycles. The van der Waals surface area contributed by atoms with Crippen LogP contribution in [0.4, 0.5) is 5.13 Å². The Kier molecular flexibility index (Phi) is 5.52. The summed E-state index contributed by atoms with van der Waals surface area (Å²) < 4.78 is 6.91. The number of nitrogens with zero attached hydrogens (tertiary/aromatic N) is 5. The molecule has 7 nitrogen and oxygen atoms in total. The Bertz CT molecular complexity index is 798. The van der Waals surface area contributed by atoms with Gasteiger partial charge in [-0.15, -0.1) is 5.10 Å². The van der Waals surface area contributed by atoms with E-state index < -0.39 is 0 Å². The van der Waals surface area contributed by atoms with Gasteiger partial charge in [0.25, 0.3) is 5.56 Å². The molecule has 2 aliphatic rings. The van der Waals surface area contributed by atoms with Crippen molar-refractivity contribution in [2.75, 3.05) is 50.8 Å². The largest absolute Gasteiger partial charge is 0.379 e. The fourth-order valence-corrected chi connectivity index (χ4v) is 4.86. The SMILES string of the molecule is CCCc1cc(=O)n2nc(N3CCCC(CN4CCOCC4)C3)sc2n1. The van der Waals surface area contributed by atoms with Crippen molar-refractivity contribution in [3.63, 3.8) is 0 Å². The van der Waals surface area contributed by atoms with Gasteiger partial charge in [-0.25, -0.2) is 4.98 Å². The van der Waals surface area contributed by atoms with E-state index in [-0.39, 0.29) is 5.56 Å². The molecule has 2 aromatic rings. The first kappa shape index (κ1) is 17.9. The van der Waals surface area contributed by atoms with Crippen LogP contribution in [-0.4, -0.2) is 65.4 Å². The Morgan fingerprint density at radius 3 is 2.96 bits per heavy atom. The fourth-order valence-electron chi connectivity index (χ4n) is 3.89. The smallest absolute Gasteiger partial charge is 0.275 e. The zero-order valence-electron chi connectivity index (χ0n) is 15.4. The quantitative estimate of drug-likeness (QED) is 0.790. The third kappa shape index (κ3) is 3.92. The van der Waals surface area contributed by atoms with Gasteiger partial charge in [0, 0.05) is 44.5 Å². The molecule has 0 saturated carbocycles. The molecule has 8 heteroatoms. The molecule has 0 amide bonds. The number of ether oxygens (including phenoxy) is 1. The summed E-state index contributed by atoms with van der Waals surface area (Å²) in [7, 11) is 0. The topological polar surface area (TPSA) is 63.0 Å². The second-order valence-electron chi connectivity index (χ2n) is 7.28. The first-order valence-electron chi connectivity index (χ1n) is 9.68. The van der Waals surface area contributed by atoms with E-state index in [1.54, 1.807) is 6.07 Å². The molecule has 2 aromatic heterocycles. The van der Waals surface area contributed by atoms with Crippen LogP contribution in [0.15, 0.2) is 10.9 Å². The third-order valence-electron chi connectivity index (χ3n) is 5.20. The van der Waals surface area contributed by atoms with Gasteiger partial charge in [0.15, 0.2) is 0 Å². The van der Waals surface area contributed by atoms with Gasteiger partial charge < -0.3 is 9.64 Å². The number of morpholine rings is 1. The summed E-state index contributed by atoms with van der Waals surface area (Å²) in [6.45, 7) is 9.03. The number of fused-ring (bicyclic) bond motifs is 1. The lowest BCUT2D eigenvalue weighted by Gasteiger charge is -2.36. The van der Waals surface area contributed by atoms with E-state index in [0.717, 1.165) is 69.6 Å². The van der Waals surface area contributed by atoms with Crippen LogP contribution >= 0.6 is 11.3 Å². The van der Waals surface area contributed by atoms with Crippen molar-refractivity contribution in [2.24, 2.45) is 5.92 Å². The molecule has 1 atom stereocenters. The summed E-state index contributed by atoms with van der Waals surface area (Å²) in [5.41, 5.74) is 0.805. The summed E-state index contributed by atoms with van der Waals surface area (Å²) in [5, 5.41) is 5.50. The number of aryl methyl sites for hydroxylation is 1. The maximum Gasteiger partial charge on any atom is 0.275 e. The van der Waals surface area contributed by atoms with Crippen LogP contribution in [0.25, 0.3) is 4.96 Å². The van der Waals surface area contributed by atoms with E-state index in [1.807, 2.05) is 0 Å². The average molecular weight is 378 g/mol. The summed E-state index contributed by atoms with van der Waals surface area (Å²) in [6.07, 6.45) is 4.26. The number of rotatable bonds is 5. The second kappa shape index (κ2) is 8.02. The van der Waals surface area contributed by atoms with Crippen LogP contribution in [0, 0.1) is 5.92 Å². The maximum absolute atomic E-state index is 12.3. The molecule has 0 radical (unpaired) electrons. The van der Waals surface area contributed by atoms with Crippen molar-refractivity contribution in [3.05, 3.63) is 22.1 Å². The van der Waals surface area contributed by atoms with E-state index >= 15 is 0 Å². The molecule has 1 unspecified atom stereocenters. The molecule has 2 fully saturated rings. The van der Waals surface area contributed by atoms with Gasteiger partial charge in [0.1, 0.15) is 0 Å². The molecule has 142 valence electrons.